The van der Waals surface area contributed by atoms with E-state index in [9.17, 15) is 22.8 Å². The standard InChI is InChI=1S/C17H14F3N5O2/c18-17(19,20)10-21-13-7-3-4-8-14(13)22-15(26)9-25-16(27)11-5-1-2-6-12(11)23-24-25/h1-8,21H,9-10H2,(H,22,26). The van der Waals surface area contributed by atoms with Crippen LogP contribution in [0.5, 0.6) is 0 Å². The Morgan fingerprint density at radius 3 is 2.44 bits per heavy atom. The van der Waals surface area contributed by atoms with Crippen LogP contribution in [-0.2, 0) is 11.3 Å². The Bertz CT molecular complexity index is 1030. The topological polar surface area (TPSA) is 88.9 Å². The summed E-state index contributed by atoms with van der Waals surface area (Å²) < 4.78 is 38.1. The summed E-state index contributed by atoms with van der Waals surface area (Å²) in [7, 11) is 0. The first-order valence-corrected chi connectivity index (χ1v) is 7.85. The van der Waals surface area contributed by atoms with Gasteiger partial charge in [0.05, 0.1) is 16.8 Å². The van der Waals surface area contributed by atoms with Gasteiger partial charge in [0.25, 0.3) is 5.56 Å². The zero-order valence-corrected chi connectivity index (χ0v) is 13.8. The van der Waals surface area contributed by atoms with E-state index in [1.54, 1.807) is 30.3 Å². The average molecular weight is 377 g/mol. The fourth-order valence-electron chi connectivity index (χ4n) is 2.39. The number of hydrogen-bond acceptors (Lipinski definition) is 5. The number of rotatable bonds is 5. The molecule has 0 saturated carbocycles. The molecule has 10 heteroatoms. The van der Waals surface area contributed by atoms with Gasteiger partial charge >= 0.3 is 6.18 Å². The minimum Gasteiger partial charge on any atom is -0.375 e. The molecular formula is C17H14F3N5O2. The highest BCUT2D eigenvalue weighted by Gasteiger charge is 2.27. The van der Waals surface area contributed by atoms with Crippen LogP contribution in [0.3, 0.4) is 0 Å². The third-order valence-corrected chi connectivity index (χ3v) is 3.60. The molecule has 0 unspecified atom stereocenters. The minimum atomic E-state index is -4.40. The fourth-order valence-corrected chi connectivity index (χ4v) is 2.39. The van der Waals surface area contributed by atoms with Gasteiger partial charge in [0.2, 0.25) is 5.91 Å². The maximum atomic E-state index is 12.4. The SMILES string of the molecule is O=C(Cn1nnc2ccccc2c1=O)Nc1ccccc1NCC(F)(F)F. The van der Waals surface area contributed by atoms with Crippen LogP contribution in [0.25, 0.3) is 10.9 Å². The smallest absolute Gasteiger partial charge is 0.375 e. The first-order valence-electron chi connectivity index (χ1n) is 7.85. The average Bonchev–Trinajstić information content (AvgIpc) is 2.63. The van der Waals surface area contributed by atoms with E-state index in [0.29, 0.717) is 10.9 Å². The maximum Gasteiger partial charge on any atom is 0.405 e. The van der Waals surface area contributed by atoms with E-state index in [1.165, 1.54) is 18.2 Å². The molecular weight excluding hydrogens is 363 g/mol. The summed E-state index contributed by atoms with van der Waals surface area (Å²) in [6.07, 6.45) is -4.40. The van der Waals surface area contributed by atoms with E-state index in [2.05, 4.69) is 20.9 Å². The number of nitrogens with zero attached hydrogens (tertiary/aromatic N) is 3. The van der Waals surface area contributed by atoms with Crippen molar-refractivity contribution < 1.29 is 18.0 Å². The van der Waals surface area contributed by atoms with Crippen LogP contribution in [0.2, 0.25) is 0 Å². The summed E-state index contributed by atoms with van der Waals surface area (Å²) in [5.41, 5.74) is 0.189. The van der Waals surface area contributed by atoms with Gasteiger partial charge in [0.1, 0.15) is 18.6 Å². The van der Waals surface area contributed by atoms with Gasteiger partial charge in [-0.15, -0.1) is 5.10 Å². The molecule has 3 aromatic rings. The summed E-state index contributed by atoms with van der Waals surface area (Å²) in [4.78, 5) is 24.6. The van der Waals surface area contributed by atoms with Gasteiger partial charge in [0, 0.05) is 0 Å². The van der Waals surface area contributed by atoms with E-state index in [-0.39, 0.29) is 11.4 Å². The molecule has 0 saturated heterocycles. The lowest BCUT2D eigenvalue weighted by molar-refractivity contribution is -0.117. The van der Waals surface area contributed by atoms with Gasteiger partial charge in [-0.25, -0.2) is 4.68 Å². The molecule has 7 nitrogen and oxygen atoms in total. The van der Waals surface area contributed by atoms with Crippen molar-refractivity contribution in [1.29, 1.82) is 0 Å². The molecule has 0 radical (unpaired) electrons. The number of fused-ring (bicyclic) bond motifs is 1. The quantitative estimate of drug-likeness (QED) is 0.713. The van der Waals surface area contributed by atoms with Crippen molar-refractivity contribution in [2.45, 2.75) is 12.7 Å². The highest BCUT2D eigenvalue weighted by Crippen LogP contribution is 2.23. The normalized spacial score (nSPS) is 11.4. The summed E-state index contributed by atoms with van der Waals surface area (Å²) >= 11 is 0. The van der Waals surface area contributed by atoms with E-state index in [1.807, 2.05) is 0 Å². The largest absolute Gasteiger partial charge is 0.405 e. The Morgan fingerprint density at radius 2 is 1.70 bits per heavy atom. The summed E-state index contributed by atoms with van der Waals surface area (Å²) in [5.74, 6) is -0.622. The number of carbonyl (C=O) groups excluding carboxylic acids is 1. The van der Waals surface area contributed by atoms with Gasteiger partial charge in [-0.1, -0.05) is 29.5 Å². The first kappa shape index (κ1) is 18.4. The predicted octanol–water partition coefficient (Wildman–Crippen LogP) is 2.40. The Morgan fingerprint density at radius 1 is 1.04 bits per heavy atom. The molecule has 0 aliphatic carbocycles. The summed E-state index contributed by atoms with van der Waals surface area (Å²) in [5, 5.41) is 12.6. The zero-order chi connectivity index (χ0) is 19.4. The number of amides is 1. The molecule has 0 aliphatic heterocycles. The Hall–Kier alpha value is -3.43. The number of alkyl halides is 3. The van der Waals surface area contributed by atoms with Crippen molar-refractivity contribution in [3.63, 3.8) is 0 Å². The number of benzene rings is 2. The number of anilines is 2. The molecule has 0 fully saturated rings. The Labute approximate surface area is 150 Å². The van der Waals surface area contributed by atoms with Crippen molar-refractivity contribution >= 4 is 28.2 Å². The van der Waals surface area contributed by atoms with E-state index in [0.717, 1.165) is 4.68 Å². The number of para-hydroxylation sites is 2. The molecule has 3 rings (SSSR count). The second kappa shape index (κ2) is 7.44. The van der Waals surface area contributed by atoms with E-state index < -0.39 is 30.7 Å². The van der Waals surface area contributed by atoms with Crippen molar-refractivity contribution in [2.75, 3.05) is 17.2 Å². The Balaban J connectivity index is 1.75. The molecule has 2 N–H and O–H groups in total. The van der Waals surface area contributed by atoms with Crippen molar-refractivity contribution in [3.8, 4) is 0 Å². The van der Waals surface area contributed by atoms with Crippen LogP contribution in [0.1, 0.15) is 0 Å². The van der Waals surface area contributed by atoms with Gasteiger partial charge in [-0.05, 0) is 24.3 Å². The molecule has 1 heterocycles. The van der Waals surface area contributed by atoms with Gasteiger partial charge in [-0.3, -0.25) is 9.59 Å². The van der Waals surface area contributed by atoms with Crippen LogP contribution in [0.4, 0.5) is 24.5 Å². The minimum absolute atomic E-state index is 0.111. The predicted molar refractivity (Wildman–Crippen MR) is 93.4 cm³/mol. The molecule has 2 aromatic carbocycles. The van der Waals surface area contributed by atoms with Crippen molar-refractivity contribution in [2.24, 2.45) is 0 Å². The molecule has 0 atom stereocenters. The third kappa shape index (κ3) is 4.60. The van der Waals surface area contributed by atoms with Crippen LogP contribution in [-0.4, -0.2) is 33.6 Å². The van der Waals surface area contributed by atoms with Crippen molar-refractivity contribution in [1.82, 2.24) is 15.0 Å². The fraction of sp³-hybridized carbons (Fsp3) is 0.176. The summed E-state index contributed by atoms with van der Waals surface area (Å²) in [6, 6.07) is 12.5. The molecule has 0 spiro atoms. The lowest BCUT2D eigenvalue weighted by atomic mass is 10.2. The summed E-state index contributed by atoms with van der Waals surface area (Å²) in [6.45, 7) is -1.67. The number of halogens is 3. The van der Waals surface area contributed by atoms with Crippen LogP contribution < -0.4 is 16.2 Å². The lowest BCUT2D eigenvalue weighted by Crippen LogP contribution is -2.30. The highest BCUT2D eigenvalue weighted by atomic mass is 19.4. The number of nitrogens with one attached hydrogen (secondary N) is 2. The number of aromatic nitrogens is 3. The van der Waals surface area contributed by atoms with Crippen LogP contribution >= 0.6 is 0 Å². The number of carbonyl (C=O) groups is 1. The second-order valence-corrected chi connectivity index (χ2v) is 5.63. The second-order valence-electron chi connectivity index (χ2n) is 5.63. The maximum absolute atomic E-state index is 12.4. The van der Waals surface area contributed by atoms with Gasteiger partial charge < -0.3 is 10.6 Å². The molecule has 1 amide bonds. The third-order valence-electron chi connectivity index (χ3n) is 3.60. The van der Waals surface area contributed by atoms with Gasteiger partial charge in [0.15, 0.2) is 0 Å². The molecule has 0 bridgehead atoms. The first-order chi connectivity index (χ1) is 12.8. The van der Waals surface area contributed by atoms with Gasteiger partial charge in [-0.2, -0.15) is 13.2 Å². The monoisotopic (exact) mass is 377 g/mol. The van der Waals surface area contributed by atoms with Crippen molar-refractivity contribution in [3.05, 3.63) is 58.9 Å². The van der Waals surface area contributed by atoms with E-state index >= 15 is 0 Å². The molecule has 1 aromatic heterocycles. The van der Waals surface area contributed by atoms with Crippen LogP contribution in [0.15, 0.2) is 53.3 Å². The number of hydrogen-bond donors (Lipinski definition) is 2. The van der Waals surface area contributed by atoms with E-state index in [4.69, 9.17) is 0 Å². The molecule has 0 aliphatic rings. The Kier molecular flexibility index (Phi) is 5.06. The zero-order valence-electron chi connectivity index (χ0n) is 13.8. The lowest BCUT2D eigenvalue weighted by Gasteiger charge is -2.14. The molecule has 27 heavy (non-hydrogen) atoms. The molecule has 140 valence electrons. The van der Waals surface area contributed by atoms with Crippen LogP contribution in [0, 0.1) is 0 Å². The highest BCUT2D eigenvalue weighted by molar-refractivity contribution is 5.94.